The molecule has 1 unspecified atom stereocenters. The average Bonchev–Trinajstić information content (AvgIpc) is 2.77. The van der Waals surface area contributed by atoms with Gasteiger partial charge in [0.2, 0.25) is 5.91 Å². The number of pyridine rings is 1. The van der Waals surface area contributed by atoms with Gasteiger partial charge >= 0.3 is 0 Å². The van der Waals surface area contributed by atoms with Gasteiger partial charge in [-0.1, -0.05) is 29.8 Å². The van der Waals surface area contributed by atoms with Gasteiger partial charge in [0.1, 0.15) is 6.04 Å². The quantitative estimate of drug-likeness (QED) is 0.752. The van der Waals surface area contributed by atoms with E-state index in [-0.39, 0.29) is 11.9 Å². The van der Waals surface area contributed by atoms with Crippen LogP contribution in [0.1, 0.15) is 17.3 Å². The largest absolute Gasteiger partial charge is 0.379 e. The zero-order chi connectivity index (χ0) is 20.1. The fraction of sp³-hybridized carbons (Fsp3) is 0.455. The molecule has 0 spiro atoms. The highest BCUT2D eigenvalue weighted by molar-refractivity contribution is 6.30. The second-order valence-corrected chi connectivity index (χ2v) is 7.96. The number of amides is 1. The average molecular weight is 415 g/mol. The Bertz CT molecular complexity index is 788. The maximum atomic E-state index is 13.5. The van der Waals surface area contributed by atoms with E-state index in [1.165, 1.54) is 0 Å². The minimum Gasteiger partial charge on any atom is -0.379 e. The second-order valence-electron chi connectivity index (χ2n) is 7.52. The summed E-state index contributed by atoms with van der Waals surface area (Å²) in [5, 5.41) is 0.685. The van der Waals surface area contributed by atoms with Crippen LogP contribution in [0.15, 0.2) is 48.7 Å². The number of carbonyl (C=O) groups excluding carboxylic acids is 1. The predicted octanol–water partition coefficient (Wildman–Crippen LogP) is 2.45. The summed E-state index contributed by atoms with van der Waals surface area (Å²) in [6.07, 6.45) is 1.83. The Morgan fingerprint density at radius 2 is 1.72 bits per heavy atom. The van der Waals surface area contributed by atoms with E-state index in [1.54, 1.807) is 0 Å². The summed E-state index contributed by atoms with van der Waals surface area (Å²) >= 11 is 6.07. The van der Waals surface area contributed by atoms with Gasteiger partial charge in [-0.05, 0) is 29.8 Å². The smallest absolute Gasteiger partial charge is 0.244 e. The number of halogens is 1. The van der Waals surface area contributed by atoms with Crippen LogP contribution in [0.5, 0.6) is 0 Å². The zero-order valence-electron chi connectivity index (χ0n) is 16.5. The van der Waals surface area contributed by atoms with Crippen molar-refractivity contribution in [1.82, 2.24) is 19.7 Å². The Balaban J connectivity index is 1.43. The van der Waals surface area contributed by atoms with E-state index in [0.29, 0.717) is 18.2 Å². The van der Waals surface area contributed by atoms with Crippen LogP contribution in [0.3, 0.4) is 0 Å². The van der Waals surface area contributed by atoms with Crippen molar-refractivity contribution in [2.24, 2.45) is 0 Å². The van der Waals surface area contributed by atoms with Crippen molar-refractivity contribution in [3.05, 3.63) is 64.9 Å². The van der Waals surface area contributed by atoms with Crippen LogP contribution in [-0.2, 0) is 16.1 Å². The SMILES string of the molecule is O=C(C(c1ccc(Cl)cc1)N1CCOCC1)N1CCN(Cc2ccccn2)CC1. The van der Waals surface area contributed by atoms with Gasteiger partial charge in [0.25, 0.3) is 0 Å². The molecule has 29 heavy (non-hydrogen) atoms. The zero-order valence-corrected chi connectivity index (χ0v) is 17.3. The van der Waals surface area contributed by atoms with Gasteiger partial charge in [-0.25, -0.2) is 0 Å². The number of carbonyl (C=O) groups is 1. The monoisotopic (exact) mass is 414 g/mol. The summed E-state index contributed by atoms with van der Waals surface area (Å²) in [6, 6.07) is 13.4. The van der Waals surface area contributed by atoms with Crippen LogP contribution in [0.4, 0.5) is 0 Å². The van der Waals surface area contributed by atoms with Gasteiger partial charge in [0, 0.05) is 57.0 Å². The molecule has 154 valence electrons. The van der Waals surface area contributed by atoms with Crippen LogP contribution in [0, 0.1) is 0 Å². The van der Waals surface area contributed by atoms with Crippen LogP contribution >= 0.6 is 11.6 Å². The lowest BCUT2D eigenvalue weighted by atomic mass is 10.0. The molecule has 0 radical (unpaired) electrons. The summed E-state index contributed by atoms with van der Waals surface area (Å²) in [5.41, 5.74) is 2.07. The minimum absolute atomic E-state index is 0.173. The molecule has 2 fully saturated rings. The molecular weight excluding hydrogens is 388 g/mol. The maximum absolute atomic E-state index is 13.5. The molecule has 0 N–H and O–H groups in total. The summed E-state index contributed by atoms with van der Waals surface area (Å²) in [4.78, 5) is 24.5. The third-order valence-electron chi connectivity index (χ3n) is 5.63. The lowest BCUT2D eigenvalue weighted by Crippen LogP contribution is -2.53. The fourth-order valence-electron chi connectivity index (χ4n) is 4.01. The highest BCUT2D eigenvalue weighted by Gasteiger charge is 2.33. The molecule has 1 aromatic carbocycles. The summed E-state index contributed by atoms with van der Waals surface area (Å²) < 4.78 is 5.50. The summed E-state index contributed by atoms with van der Waals surface area (Å²) in [6.45, 7) is 6.87. The van der Waals surface area contributed by atoms with E-state index in [0.717, 1.165) is 57.1 Å². The Hall–Kier alpha value is -1.99. The van der Waals surface area contributed by atoms with Crippen molar-refractivity contribution in [3.63, 3.8) is 0 Å². The van der Waals surface area contributed by atoms with Crippen LogP contribution in [-0.4, -0.2) is 78.1 Å². The Morgan fingerprint density at radius 1 is 1.00 bits per heavy atom. The molecule has 1 atom stereocenters. The molecule has 2 saturated heterocycles. The molecule has 0 aliphatic carbocycles. The molecule has 6 nitrogen and oxygen atoms in total. The molecule has 1 aromatic heterocycles. The van der Waals surface area contributed by atoms with Gasteiger partial charge < -0.3 is 9.64 Å². The van der Waals surface area contributed by atoms with Crippen molar-refractivity contribution in [1.29, 1.82) is 0 Å². The first kappa shape index (κ1) is 20.3. The lowest BCUT2D eigenvalue weighted by Gasteiger charge is -2.40. The van der Waals surface area contributed by atoms with Gasteiger partial charge in [-0.3, -0.25) is 19.6 Å². The van der Waals surface area contributed by atoms with E-state index in [4.69, 9.17) is 16.3 Å². The van der Waals surface area contributed by atoms with Crippen molar-refractivity contribution in [2.45, 2.75) is 12.6 Å². The molecule has 0 bridgehead atoms. The standard InChI is InChI=1S/C22H27ClN4O2/c23-19-6-4-18(5-7-19)21(26-13-15-29-16-14-26)22(28)27-11-9-25(10-12-27)17-20-3-1-2-8-24-20/h1-8,21H,9-17H2. The number of hydrogen-bond donors (Lipinski definition) is 0. The van der Waals surface area contributed by atoms with Crippen LogP contribution in [0.2, 0.25) is 5.02 Å². The molecule has 0 saturated carbocycles. The molecule has 4 rings (SSSR count). The normalized spacial score (nSPS) is 19.8. The summed E-state index contributed by atoms with van der Waals surface area (Å²) in [5.74, 6) is 0.173. The van der Waals surface area contributed by atoms with Crippen molar-refractivity contribution in [2.75, 3.05) is 52.5 Å². The number of rotatable bonds is 5. The molecule has 7 heteroatoms. The number of morpholine rings is 1. The van der Waals surface area contributed by atoms with Crippen molar-refractivity contribution in [3.8, 4) is 0 Å². The molecule has 2 aliphatic heterocycles. The first-order valence-electron chi connectivity index (χ1n) is 10.2. The van der Waals surface area contributed by atoms with Crippen LogP contribution in [0.25, 0.3) is 0 Å². The van der Waals surface area contributed by atoms with E-state index in [1.807, 2.05) is 53.6 Å². The van der Waals surface area contributed by atoms with Gasteiger partial charge in [-0.2, -0.15) is 0 Å². The van der Waals surface area contributed by atoms with E-state index < -0.39 is 0 Å². The maximum Gasteiger partial charge on any atom is 0.244 e. The van der Waals surface area contributed by atoms with Gasteiger partial charge in [0.15, 0.2) is 0 Å². The first-order chi connectivity index (χ1) is 14.2. The number of aromatic nitrogens is 1. The Morgan fingerprint density at radius 3 is 2.38 bits per heavy atom. The molecule has 2 aliphatic rings. The number of hydrogen-bond acceptors (Lipinski definition) is 5. The Labute approximate surface area is 177 Å². The molecular formula is C22H27ClN4O2. The molecule has 3 heterocycles. The number of ether oxygens (including phenoxy) is 1. The topological polar surface area (TPSA) is 48.9 Å². The predicted molar refractivity (Wildman–Crippen MR) is 113 cm³/mol. The van der Waals surface area contributed by atoms with Crippen molar-refractivity contribution < 1.29 is 9.53 Å². The third-order valence-corrected chi connectivity index (χ3v) is 5.88. The highest BCUT2D eigenvalue weighted by Crippen LogP contribution is 2.26. The third kappa shape index (κ3) is 5.14. The first-order valence-corrected chi connectivity index (χ1v) is 10.6. The number of nitrogens with zero attached hydrogens (tertiary/aromatic N) is 4. The van der Waals surface area contributed by atoms with E-state index in [9.17, 15) is 4.79 Å². The van der Waals surface area contributed by atoms with E-state index >= 15 is 0 Å². The molecule has 2 aromatic rings. The van der Waals surface area contributed by atoms with E-state index in [2.05, 4.69) is 14.8 Å². The van der Waals surface area contributed by atoms with Gasteiger partial charge in [-0.15, -0.1) is 0 Å². The van der Waals surface area contributed by atoms with Crippen molar-refractivity contribution >= 4 is 17.5 Å². The Kier molecular flexibility index (Phi) is 6.77. The van der Waals surface area contributed by atoms with Crippen LogP contribution < -0.4 is 0 Å². The lowest BCUT2D eigenvalue weighted by molar-refractivity contribution is -0.141. The summed E-state index contributed by atoms with van der Waals surface area (Å²) in [7, 11) is 0. The number of benzene rings is 1. The fourth-order valence-corrected chi connectivity index (χ4v) is 4.14. The second kappa shape index (κ2) is 9.67. The highest BCUT2D eigenvalue weighted by atomic mass is 35.5. The molecule has 1 amide bonds. The number of piperazine rings is 1. The van der Waals surface area contributed by atoms with Gasteiger partial charge in [0.05, 0.1) is 18.9 Å². The minimum atomic E-state index is -0.279.